The molecule has 0 unspecified atom stereocenters. The summed E-state index contributed by atoms with van der Waals surface area (Å²) >= 11 is 2.10. The summed E-state index contributed by atoms with van der Waals surface area (Å²) in [5.41, 5.74) is 8.29. The molecule has 1 saturated heterocycles. The highest BCUT2D eigenvalue weighted by Gasteiger charge is 2.13. The maximum atomic E-state index is 5.58. The lowest BCUT2D eigenvalue weighted by molar-refractivity contribution is 0.488. The molecule has 0 saturated carbocycles. The summed E-state index contributed by atoms with van der Waals surface area (Å²) in [4.78, 5) is 0. The lowest BCUT2D eigenvalue weighted by Gasteiger charge is -2.21. The van der Waals surface area contributed by atoms with Crippen molar-refractivity contribution >= 4 is 11.8 Å². The van der Waals surface area contributed by atoms with E-state index in [1.54, 1.807) is 0 Å². The minimum atomic E-state index is 0.653. The fraction of sp³-hybridized carbons (Fsp3) is 0.538. The van der Waals surface area contributed by atoms with Gasteiger partial charge < -0.3 is 5.73 Å². The van der Waals surface area contributed by atoms with E-state index in [4.69, 9.17) is 5.73 Å². The van der Waals surface area contributed by atoms with Gasteiger partial charge in [-0.05, 0) is 47.8 Å². The molecule has 2 rings (SSSR count). The lowest BCUT2D eigenvalue weighted by atomic mass is 9.94. The average molecular weight is 221 g/mol. The van der Waals surface area contributed by atoms with E-state index in [0.717, 1.165) is 5.92 Å². The second-order valence-corrected chi connectivity index (χ2v) is 5.51. The van der Waals surface area contributed by atoms with Crippen LogP contribution in [0.5, 0.6) is 0 Å². The molecule has 1 heterocycles. The summed E-state index contributed by atoms with van der Waals surface area (Å²) in [7, 11) is 0. The van der Waals surface area contributed by atoms with Crippen LogP contribution >= 0.6 is 11.8 Å². The lowest BCUT2D eigenvalue weighted by Crippen LogP contribution is -2.12. The van der Waals surface area contributed by atoms with Crippen molar-refractivity contribution in [3.05, 3.63) is 35.4 Å². The molecule has 2 N–H and O–H groups in total. The number of nitrogens with two attached hydrogens (primary N) is 1. The first-order chi connectivity index (χ1) is 7.38. The monoisotopic (exact) mass is 221 g/mol. The summed E-state index contributed by atoms with van der Waals surface area (Å²) in [6.45, 7) is 0.653. The molecule has 1 nitrogen and oxygen atoms in total. The summed E-state index contributed by atoms with van der Waals surface area (Å²) in [6, 6.07) is 8.80. The molecule has 15 heavy (non-hydrogen) atoms. The number of hydrogen-bond acceptors (Lipinski definition) is 2. The van der Waals surface area contributed by atoms with Crippen LogP contribution in [0.4, 0.5) is 0 Å². The molecular formula is C13H19NS. The minimum Gasteiger partial charge on any atom is -0.326 e. The van der Waals surface area contributed by atoms with Crippen molar-refractivity contribution in [2.24, 2.45) is 11.7 Å². The van der Waals surface area contributed by atoms with Crippen LogP contribution in [-0.4, -0.2) is 11.5 Å². The summed E-state index contributed by atoms with van der Waals surface area (Å²) in [5, 5.41) is 0. The van der Waals surface area contributed by atoms with E-state index in [1.807, 2.05) is 0 Å². The Bertz CT molecular complexity index is 288. The van der Waals surface area contributed by atoms with Crippen molar-refractivity contribution in [2.45, 2.75) is 25.8 Å². The van der Waals surface area contributed by atoms with Crippen molar-refractivity contribution in [1.29, 1.82) is 0 Å². The fourth-order valence-corrected chi connectivity index (χ4v) is 3.30. The minimum absolute atomic E-state index is 0.653. The van der Waals surface area contributed by atoms with Crippen LogP contribution in [0.3, 0.4) is 0 Å². The maximum Gasteiger partial charge on any atom is 0.0178 e. The van der Waals surface area contributed by atoms with Gasteiger partial charge in [-0.25, -0.2) is 0 Å². The smallest absolute Gasteiger partial charge is 0.0178 e. The summed E-state index contributed by atoms with van der Waals surface area (Å²) in [6.07, 6.45) is 4.04. The molecule has 0 radical (unpaired) electrons. The van der Waals surface area contributed by atoms with Crippen LogP contribution in [0, 0.1) is 5.92 Å². The molecule has 0 atom stereocenters. The predicted octanol–water partition coefficient (Wildman–Crippen LogP) is 2.83. The fourth-order valence-electron chi connectivity index (χ4n) is 2.10. The van der Waals surface area contributed by atoms with Crippen molar-refractivity contribution in [1.82, 2.24) is 0 Å². The number of hydrogen-bond donors (Lipinski definition) is 1. The van der Waals surface area contributed by atoms with Crippen LogP contribution in [0.2, 0.25) is 0 Å². The first kappa shape index (κ1) is 11.0. The van der Waals surface area contributed by atoms with Gasteiger partial charge in [0, 0.05) is 6.54 Å². The Balaban J connectivity index is 1.91. The zero-order valence-corrected chi connectivity index (χ0v) is 9.93. The molecule has 82 valence electrons. The van der Waals surface area contributed by atoms with E-state index in [0.29, 0.717) is 6.54 Å². The third-order valence-electron chi connectivity index (χ3n) is 3.12. The predicted molar refractivity (Wildman–Crippen MR) is 68.1 cm³/mol. The van der Waals surface area contributed by atoms with Gasteiger partial charge in [0.15, 0.2) is 0 Å². The van der Waals surface area contributed by atoms with Gasteiger partial charge in [0.25, 0.3) is 0 Å². The number of thioether (sulfide) groups is 1. The van der Waals surface area contributed by atoms with E-state index in [1.165, 1.54) is 41.9 Å². The van der Waals surface area contributed by atoms with Gasteiger partial charge in [0.05, 0.1) is 0 Å². The van der Waals surface area contributed by atoms with Gasteiger partial charge in [-0.1, -0.05) is 24.3 Å². The number of rotatable bonds is 3. The molecule has 1 aliphatic heterocycles. The molecule has 1 aromatic rings. The maximum absolute atomic E-state index is 5.58. The van der Waals surface area contributed by atoms with Gasteiger partial charge in [-0.2, -0.15) is 11.8 Å². The largest absolute Gasteiger partial charge is 0.326 e. The van der Waals surface area contributed by atoms with E-state index in [2.05, 4.69) is 36.0 Å². The Hall–Kier alpha value is -0.470. The van der Waals surface area contributed by atoms with Gasteiger partial charge in [-0.15, -0.1) is 0 Å². The van der Waals surface area contributed by atoms with Crippen molar-refractivity contribution in [2.75, 3.05) is 11.5 Å². The molecule has 0 bridgehead atoms. The molecule has 0 aliphatic carbocycles. The summed E-state index contributed by atoms with van der Waals surface area (Å²) in [5.74, 6) is 3.62. The second-order valence-electron chi connectivity index (χ2n) is 4.28. The zero-order valence-electron chi connectivity index (χ0n) is 9.11. The van der Waals surface area contributed by atoms with Crippen molar-refractivity contribution in [3.63, 3.8) is 0 Å². The quantitative estimate of drug-likeness (QED) is 0.849. The first-order valence-electron chi connectivity index (χ1n) is 5.74. The third-order valence-corrected chi connectivity index (χ3v) is 4.17. The van der Waals surface area contributed by atoms with Crippen LogP contribution < -0.4 is 5.73 Å². The molecule has 2 heteroatoms. The van der Waals surface area contributed by atoms with Crippen LogP contribution in [-0.2, 0) is 13.0 Å². The van der Waals surface area contributed by atoms with E-state index in [-0.39, 0.29) is 0 Å². The van der Waals surface area contributed by atoms with E-state index >= 15 is 0 Å². The average Bonchev–Trinajstić information content (AvgIpc) is 2.31. The van der Waals surface area contributed by atoms with Gasteiger partial charge in [-0.3, -0.25) is 0 Å². The topological polar surface area (TPSA) is 26.0 Å². The molecule has 0 aromatic heterocycles. The molecule has 0 amide bonds. The standard InChI is InChI=1S/C13H19NS/c14-10-13-3-1-11(2-4-13)9-12-5-7-15-8-6-12/h1-4,12H,5-10,14H2. The Morgan fingerprint density at radius 2 is 1.67 bits per heavy atom. The Labute approximate surface area is 96.4 Å². The summed E-state index contributed by atoms with van der Waals surface area (Å²) < 4.78 is 0. The SMILES string of the molecule is NCc1ccc(CC2CCSCC2)cc1. The Morgan fingerprint density at radius 1 is 1.07 bits per heavy atom. The highest BCUT2D eigenvalue weighted by atomic mass is 32.2. The van der Waals surface area contributed by atoms with Gasteiger partial charge >= 0.3 is 0 Å². The molecular weight excluding hydrogens is 202 g/mol. The molecule has 1 fully saturated rings. The van der Waals surface area contributed by atoms with Gasteiger partial charge in [0.1, 0.15) is 0 Å². The van der Waals surface area contributed by atoms with Crippen molar-refractivity contribution < 1.29 is 0 Å². The van der Waals surface area contributed by atoms with Crippen molar-refractivity contribution in [3.8, 4) is 0 Å². The first-order valence-corrected chi connectivity index (χ1v) is 6.89. The van der Waals surface area contributed by atoms with E-state index in [9.17, 15) is 0 Å². The third kappa shape index (κ3) is 3.25. The number of benzene rings is 1. The van der Waals surface area contributed by atoms with Crippen LogP contribution in [0.1, 0.15) is 24.0 Å². The highest BCUT2D eigenvalue weighted by molar-refractivity contribution is 7.99. The molecule has 0 spiro atoms. The molecule has 1 aliphatic rings. The van der Waals surface area contributed by atoms with Crippen LogP contribution in [0.25, 0.3) is 0 Å². The van der Waals surface area contributed by atoms with E-state index < -0.39 is 0 Å². The zero-order chi connectivity index (χ0) is 10.5. The Kier molecular flexibility index (Phi) is 4.09. The van der Waals surface area contributed by atoms with Crippen LogP contribution in [0.15, 0.2) is 24.3 Å². The second kappa shape index (κ2) is 5.57. The van der Waals surface area contributed by atoms with Gasteiger partial charge in [0.2, 0.25) is 0 Å². The molecule has 1 aromatic carbocycles. The normalized spacial score (nSPS) is 17.9. The highest BCUT2D eigenvalue weighted by Crippen LogP contribution is 2.25. The Morgan fingerprint density at radius 3 is 2.27 bits per heavy atom.